The van der Waals surface area contributed by atoms with E-state index >= 15 is 0 Å². The van der Waals surface area contributed by atoms with Crippen LogP contribution in [-0.2, 0) is 19.4 Å². The Kier molecular flexibility index (Phi) is 7.69. The van der Waals surface area contributed by atoms with E-state index in [1.165, 1.54) is 24.3 Å². The minimum Gasteiger partial charge on any atom is -0.494 e. The zero-order valence-electron chi connectivity index (χ0n) is 16.9. The molecule has 1 heterocycles. The van der Waals surface area contributed by atoms with E-state index < -0.39 is 44.0 Å². The van der Waals surface area contributed by atoms with Crippen LogP contribution in [0.15, 0.2) is 47.4 Å². The molecule has 1 aliphatic rings. The summed E-state index contributed by atoms with van der Waals surface area (Å²) < 4.78 is 57.7. The Morgan fingerprint density at radius 3 is 2.59 bits per heavy atom. The van der Waals surface area contributed by atoms with Crippen molar-refractivity contribution in [2.75, 3.05) is 24.2 Å². The van der Waals surface area contributed by atoms with Gasteiger partial charge in [0.05, 0.1) is 22.9 Å². The third kappa shape index (κ3) is 5.75. The highest BCUT2D eigenvalue weighted by atomic mass is 32.2. The van der Waals surface area contributed by atoms with Crippen molar-refractivity contribution >= 4 is 39.1 Å². The lowest BCUT2D eigenvalue weighted by Gasteiger charge is -2.29. The van der Waals surface area contributed by atoms with Gasteiger partial charge in [-0.2, -0.15) is 0 Å². The maximum atomic E-state index is 13.6. The maximum absolute atomic E-state index is 13.6. The van der Waals surface area contributed by atoms with Gasteiger partial charge in [0, 0.05) is 12.6 Å². The zero-order chi connectivity index (χ0) is 23.3. The molecule has 0 saturated carbocycles. The lowest BCUT2D eigenvalue weighted by atomic mass is 10.3. The highest BCUT2D eigenvalue weighted by Gasteiger charge is 2.38. The fourth-order valence-electron chi connectivity index (χ4n) is 2.93. The third-order valence-corrected chi connectivity index (χ3v) is 7.58. The van der Waals surface area contributed by atoms with Crippen LogP contribution in [0, 0.1) is 11.6 Å². The highest BCUT2D eigenvalue weighted by Crippen LogP contribution is 2.22. The van der Waals surface area contributed by atoms with Crippen molar-refractivity contribution in [2.45, 2.75) is 22.6 Å². The van der Waals surface area contributed by atoms with Gasteiger partial charge in [-0.3, -0.25) is 14.9 Å². The fourth-order valence-corrected chi connectivity index (χ4v) is 5.24. The lowest BCUT2D eigenvalue weighted by Crippen LogP contribution is -2.59. The SMILES string of the molecule is CCOc1ccc(S(=O)(=O)C2CNC(SCC(=O)Nc3cc(F)ccc3F)NC2=O)cc1. The van der Waals surface area contributed by atoms with Crippen molar-refractivity contribution in [2.24, 2.45) is 0 Å². The van der Waals surface area contributed by atoms with Crippen LogP contribution < -0.4 is 20.7 Å². The molecule has 0 radical (unpaired) electrons. The Morgan fingerprint density at radius 1 is 1.22 bits per heavy atom. The van der Waals surface area contributed by atoms with Gasteiger partial charge in [0.2, 0.25) is 11.8 Å². The summed E-state index contributed by atoms with van der Waals surface area (Å²) in [5.74, 6) is -2.46. The summed E-state index contributed by atoms with van der Waals surface area (Å²) in [5, 5.41) is 6.28. The minimum atomic E-state index is -3.94. The Labute approximate surface area is 188 Å². The molecule has 32 heavy (non-hydrogen) atoms. The number of sulfone groups is 1. The Hall–Kier alpha value is -2.70. The number of thioether (sulfide) groups is 1. The molecule has 172 valence electrons. The van der Waals surface area contributed by atoms with E-state index in [9.17, 15) is 26.8 Å². The van der Waals surface area contributed by atoms with E-state index in [1.807, 2.05) is 0 Å². The van der Waals surface area contributed by atoms with Crippen molar-refractivity contribution in [1.29, 1.82) is 0 Å². The van der Waals surface area contributed by atoms with E-state index in [1.54, 1.807) is 6.92 Å². The van der Waals surface area contributed by atoms with E-state index in [4.69, 9.17) is 4.74 Å². The summed E-state index contributed by atoms with van der Waals surface area (Å²) in [6.45, 7) is 2.09. The minimum absolute atomic E-state index is 0.00879. The molecule has 3 rings (SSSR count). The molecule has 1 aliphatic heterocycles. The number of carbonyl (C=O) groups is 2. The van der Waals surface area contributed by atoms with Crippen LogP contribution in [0.3, 0.4) is 0 Å². The Morgan fingerprint density at radius 2 is 1.94 bits per heavy atom. The van der Waals surface area contributed by atoms with E-state index in [0.29, 0.717) is 12.4 Å². The van der Waals surface area contributed by atoms with Crippen LogP contribution in [0.4, 0.5) is 14.5 Å². The largest absolute Gasteiger partial charge is 0.494 e. The van der Waals surface area contributed by atoms with Gasteiger partial charge in [-0.05, 0) is 43.3 Å². The summed E-state index contributed by atoms with van der Waals surface area (Å²) in [5.41, 5.74) is -1.02. The summed E-state index contributed by atoms with van der Waals surface area (Å²) in [7, 11) is -3.94. The van der Waals surface area contributed by atoms with Gasteiger partial charge in [-0.15, -0.1) is 11.8 Å². The average molecular weight is 486 g/mol. The number of anilines is 1. The molecule has 2 unspecified atom stereocenters. The first kappa shape index (κ1) is 24.0. The topological polar surface area (TPSA) is 114 Å². The van der Waals surface area contributed by atoms with Crippen molar-refractivity contribution in [3.8, 4) is 5.75 Å². The number of ether oxygens (including phenoxy) is 1. The normalized spacial score (nSPS) is 18.7. The van der Waals surface area contributed by atoms with Gasteiger partial charge in [-0.25, -0.2) is 17.2 Å². The molecule has 0 aliphatic carbocycles. The number of benzene rings is 2. The maximum Gasteiger partial charge on any atom is 0.241 e. The zero-order valence-corrected chi connectivity index (χ0v) is 18.6. The molecule has 2 aromatic rings. The monoisotopic (exact) mass is 485 g/mol. The van der Waals surface area contributed by atoms with Crippen LogP contribution in [-0.4, -0.2) is 49.9 Å². The summed E-state index contributed by atoms with van der Waals surface area (Å²) >= 11 is 0.972. The van der Waals surface area contributed by atoms with Gasteiger partial charge in [0.15, 0.2) is 15.1 Å². The van der Waals surface area contributed by atoms with Gasteiger partial charge < -0.3 is 15.4 Å². The number of hydrogen-bond donors (Lipinski definition) is 3. The fraction of sp³-hybridized carbons (Fsp3) is 0.300. The molecule has 0 spiro atoms. The standard InChI is InChI=1S/C20H21F2N3O5S2/c1-2-30-13-4-6-14(7-5-13)32(28,29)17-10-23-20(25-19(17)27)31-11-18(26)24-16-9-12(21)3-8-15(16)22/h3-9,17,20,23H,2,10-11H2,1H3,(H,24,26)(H,25,27). The second kappa shape index (κ2) is 10.3. The predicted octanol–water partition coefficient (Wildman–Crippen LogP) is 1.88. The molecular weight excluding hydrogens is 464 g/mol. The first-order valence-corrected chi connectivity index (χ1v) is 12.2. The molecule has 0 aromatic heterocycles. The molecular formula is C20H21F2N3O5S2. The molecule has 2 aromatic carbocycles. The lowest BCUT2D eigenvalue weighted by molar-refractivity contribution is -0.122. The summed E-state index contributed by atoms with van der Waals surface area (Å²) in [6, 6.07) is 8.47. The number of rotatable bonds is 8. The first-order chi connectivity index (χ1) is 15.2. The second-order valence-corrected chi connectivity index (χ2v) is 9.94. The Balaban J connectivity index is 1.55. The van der Waals surface area contributed by atoms with Crippen molar-refractivity contribution in [3.63, 3.8) is 0 Å². The van der Waals surface area contributed by atoms with Crippen LogP contribution >= 0.6 is 11.8 Å². The number of hydrogen-bond acceptors (Lipinski definition) is 7. The second-order valence-electron chi connectivity index (χ2n) is 6.72. The van der Waals surface area contributed by atoms with Crippen molar-refractivity contribution < 1.29 is 31.5 Å². The van der Waals surface area contributed by atoms with Gasteiger partial charge in [0.25, 0.3) is 0 Å². The Bertz CT molecular complexity index is 1100. The first-order valence-electron chi connectivity index (χ1n) is 9.57. The molecule has 3 N–H and O–H groups in total. The smallest absolute Gasteiger partial charge is 0.241 e. The molecule has 0 bridgehead atoms. The molecule has 12 heteroatoms. The number of halogens is 2. The average Bonchev–Trinajstić information content (AvgIpc) is 2.75. The highest BCUT2D eigenvalue weighted by molar-refractivity contribution is 8.00. The molecule has 2 atom stereocenters. The molecule has 1 fully saturated rings. The van der Waals surface area contributed by atoms with Gasteiger partial charge in [-0.1, -0.05) is 0 Å². The third-order valence-electron chi connectivity index (χ3n) is 4.48. The predicted molar refractivity (Wildman–Crippen MR) is 116 cm³/mol. The number of carbonyl (C=O) groups excluding carboxylic acids is 2. The van der Waals surface area contributed by atoms with Gasteiger partial charge in [0.1, 0.15) is 22.9 Å². The van der Waals surface area contributed by atoms with Gasteiger partial charge >= 0.3 is 0 Å². The summed E-state index contributed by atoms with van der Waals surface area (Å²) in [6.07, 6.45) is 0. The van der Waals surface area contributed by atoms with Crippen molar-refractivity contribution in [3.05, 3.63) is 54.1 Å². The van der Waals surface area contributed by atoms with Crippen LogP contribution in [0.5, 0.6) is 5.75 Å². The van der Waals surface area contributed by atoms with E-state index in [-0.39, 0.29) is 22.9 Å². The van der Waals surface area contributed by atoms with Crippen LogP contribution in [0.25, 0.3) is 0 Å². The summed E-state index contributed by atoms with van der Waals surface area (Å²) in [4.78, 5) is 24.5. The number of nitrogens with one attached hydrogen (secondary N) is 3. The van der Waals surface area contributed by atoms with Crippen molar-refractivity contribution in [1.82, 2.24) is 10.6 Å². The molecule has 2 amide bonds. The molecule has 8 nitrogen and oxygen atoms in total. The van der Waals surface area contributed by atoms with Crippen LogP contribution in [0.1, 0.15) is 6.92 Å². The van der Waals surface area contributed by atoms with E-state index in [2.05, 4.69) is 16.0 Å². The number of amides is 2. The van der Waals surface area contributed by atoms with Crippen LogP contribution in [0.2, 0.25) is 0 Å². The quantitative estimate of drug-likeness (QED) is 0.523. The molecule has 1 saturated heterocycles. The van der Waals surface area contributed by atoms with E-state index in [0.717, 1.165) is 30.0 Å².